The number of aromatic hydroxyl groups is 1. The molecule has 0 saturated heterocycles. The fraction of sp³-hybridized carbons (Fsp3) is 0.200. The van der Waals surface area contributed by atoms with E-state index in [0.29, 0.717) is 54.0 Å². The van der Waals surface area contributed by atoms with E-state index in [1.165, 1.54) is 18.4 Å². The third-order valence-corrected chi connectivity index (χ3v) is 8.22. The zero-order valence-corrected chi connectivity index (χ0v) is 22.4. The first kappa shape index (κ1) is 26.1. The van der Waals surface area contributed by atoms with Gasteiger partial charge in [-0.3, -0.25) is 14.6 Å². The van der Waals surface area contributed by atoms with E-state index in [9.17, 15) is 14.7 Å². The molecular weight excluding hydrogens is 543 g/mol. The highest BCUT2D eigenvalue weighted by molar-refractivity contribution is 7.16. The van der Waals surface area contributed by atoms with E-state index < -0.39 is 0 Å². The van der Waals surface area contributed by atoms with Crippen LogP contribution in [0.15, 0.2) is 51.3 Å². The number of ether oxygens (including phenoxy) is 1. The average molecular weight is 563 g/mol. The Hall–Kier alpha value is -2.98. The Morgan fingerprint density at radius 2 is 1.86 bits per heavy atom. The minimum absolute atomic E-state index is 0.0699. The summed E-state index contributed by atoms with van der Waals surface area (Å²) in [5.74, 6) is 0.681. The molecule has 3 aromatic heterocycles. The van der Waals surface area contributed by atoms with Crippen LogP contribution in [-0.2, 0) is 6.42 Å². The molecule has 0 amide bonds. The van der Waals surface area contributed by atoms with Gasteiger partial charge in [0.15, 0.2) is 11.6 Å². The Morgan fingerprint density at radius 3 is 2.56 bits per heavy atom. The molecule has 36 heavy (non-hydrogen) atoms. The van der Waals surface area contributed by atoms with Crippen molar-refractivity contribution < 1.29 is 24.0 Å². The number of Topliss-reactive ketones (excluding diaryl/α,β-unsaturated/α-hetero) is 2. The van der Waals surface area contributed by atoms with Crippen molar-refractivity contribution in [3.63, 3.8) is 0 Å². The number of nitrogens with zero attached hydrogens (tertiary/aromatic N) is 2. The third kappa shape index (κ3) is 5.87. The molecule has 0 unspecified atom stereocenters. The molecule has 1 N–H and O–H groups in total. The molecule has 0 aliphatic heterocycles. The summed E-state index contributed by atoms with van der Waals surface area (Å²) in [5.41, 5.74) is 1.80. The van der Waals surface area contributed by atoms with Gasteiger partial charge in [-0.2, -0.15) is 0 Å². The number of rotatable bonds is 10. The van der Waals surface area contributed by atoms with Crippen LogP contribution in [0, 0.1) is 0 Å². The number of hydrogen-bond donors (Lipinski definition) is 1. The van der Waals surface area contributed by atoms with Crippen molar-refractivity contribution in [2.24, 2.45) is 4.99 Å². The minimum Gasteiger partial charge on any atom is -0.506 e. The van der Waals surface area contributed by atoms with Crippen LogP contribution in [0.1, 0.15) is 44.0 Å². The summed E-state index contributed by atoms with van der Waals surface area (Å²) in [7, 11) is 1.49. The molecule has 186 valence electrons. The highest BCUT2D eigenvalue weighted by Crippen LogP contribution is 2.40. The van der Waals surface area contributed by atoms with E-state index in [-0.39, 0.29) is 30.3 Å². The van der Waals surface area contributed by atoms with Gasteiger partial charge in [0.05, 0.1) is 31.8 Å². The van der Waals surface area contributed by atoms with Crippen LogP contribution < -0.4 is 4.74 Å². The van der Waals surface area contributed by atoms with Gasteiger partial charge in [0.1, 0.15) is 18.1 Å². The molecule has 4 rings (SSSR count). The van der Waals surface area contributed by atoms with Gasteiger partial charge >= 0.3 is 0 Å². The van der Waals surface area contributed by atoms with Crippen molar-refractivity contribution in [2.75, 3.05) is 13.7 Å². The number of aryl methyl sites for hydroxylation is 1. The molecule has 0 atom stereocenters. The second kappa shape index (κ2) is 11.4. The van der Waals surface area contributed by atoms with Crippen LogP contribution in [0.2, 0.25) is 10.0 Å². The van der Waals surface area contributed by atoms with E-state index in [4.69, 9.17) is 32.5 Å². The molecule has 3 heterocycles. The predicted octanol–water partition coefficient (Wildman–Crippen LogP) is 6.99. The summed E-state index contributed by atoms with van der Waals surface area (Å²) >= 11 is 14.6. The quantitative estimate of drug-likeness (QED) is 0.165. The molecule has 7 nitrogen and oxygen atoms in total. The zero-order chi connectivity index (χ0) is 25.8. The topological polar surface area (TPSA) is 102 Å². The van der Waals surface area contributed by atoms with Gasteiger partial charge in [-0.1, -0.05) is 29.3 Å². The molecule has 11 heteroatoms. The second-order valence-electron chi connectivity index (χ2n) is 7.70. The molecule has 0 bridgehead atoms. The molecular formula is C25H20Cl2N2O5S2. The summed E-state index contributed by atoms with van der Waals surface area (Å²) < 4.78 is 10.1. The molecule has 4 aromatic rings. The van der Waals surface area contributed by atoms with Crippen LogP contribution in [0.5, 0.6) is 11.6 Å². The largest absolute Gasteiger partial charge is 0.506 e. The Bertz CT molecular complexity index is 1450. The summed E-state index contributed by atoms with van der Waals surface area (Å²) in [4.78, 5) is 31.1. The normalized spacial score (nSPS) is 11.6. The van der Waals surface area contributed by atoms with E-state index in [1.54, 1.807) is 48.7 Å². The number of ketones is 2. The van der Waals surface area contributed by atoms with Crippen molar-refractivity contribution in [1.82, 2.24) is 5.16 Å². The minimum atomic E-state index is -0.210. The zero-order valence-electron chi connectivity index (χ0n) is 19.2. The number of carbonyl (C=O) groups excluding carboxylic acids is 2. The average Bonchev–Trinajstić information content (AvgIpc) is 3.62. The molecule has 1 aromatic carbocycles. The lowest BCUT2D eigenvalue weighted by Crippen LogP contribution is -2.04. The second-order valence-corrected chi connectivity index (χ2v) is 10.5. The van der Waals surface area contributed by atoms with Gasteiger partial charge in [0.2, 0.25) is 0 Å². The first-order chi connectivity index (χ1) is 17.3. The van der Waals surface area contributed by atoms with Crippen molar-refractivity contribution >= 4 is 63.2 Å². The molecule has 0 spiro atoms. The molecule has 0 radical (unpaired) electrons. The van der Waals surface area contributed by atoms with Gasteiger partial charge in [0, 0.05) is 35.6 Å². The maximum absolute atomic E-state index is 12.7. The standard InChI is InChI=1S/C25H20Cl2N2O5S2/c1-13(16-12-35-25(24(16)32)14-3-5-17(26)18(27)9-14)28-11-20(31)22-8-7-21(36-22)19(30)6-4-15-10-23(33-2)29-34-15/h3,5,7-10,12,32H,4,6,11H2,1-2H3. The number of aromatic nitrogens is 1. The molecule has 0 saturated carbocycles. The Balaban J connectivity index is 1.38. The Labute approximate surface area is 225 Å². The smallest absolute Gasteiger partial charge is 0.254 e. The van der Waals surface area contributed by atoms with Crippen LogP contribution in [0.25, 0.3) is 10.4 Å². The van der Waals surface area contributed by atoms with Crippen LogP contribution in [0.3, 0.4) is 0 Å². The number of aliphatic imine (C=N–C) groups is 1. The maximum atomic E-state index is 12.7. The number of thiophene rings is 2. The first-order valence-corrected chi connectivity index (χ1v) is 13.1. The van der Waals surface area contributed by atoms with Gasteiger partial charge < -0.3 is 14.4 Å². The Morgan fingerprint density at radius 1 is 1.11 bits per heavy atom. The van der Waals surface area contributed by atoms with Crippen molar-refractivity contribution in [3.8, 4) is 22.1 Å². The number of halogens is 2. The summed E-state index contributed by atoms with van der Waals surface area (Å²) in [6.45, 7) is 1.63. The first-order valence-electron chi connectivity index (χ1n) is 10.7. The van der Waals surface area contributed by atoms with Crippen LogP contribution in [-0.4, -0.2) is 41.2 Å². The van der Waals surface area contributed by atoms with E-state index in [1.807, 2.05) is 0 Å². The third-order valence-electron chi connectivity index (χ3n) is 5.30. The number of hydrogen-bond acceptors (Lipinski definition) is 9. The van der Waals surface area contributed by atoms with Gasteiger partial charge in [-0.25, -0.2) is 0 Å². The lowest BCUT2D eigenvalue weighted by molar-refractivity contribution is 0.0982. The van der Waals surface area contributed by atoms with Crippen molar-refractivity contribution in [3.05, 3.63) is 72.9 Å². The molecule has 0 aliphatic rings. The molecule has 0 fully saturated rings. The summed E-state index contributed by atoms with van der Waals surface area (Å²) in [5, 5.41) is 17.0. The summed E-state index contributed by atoms with van der Waals surface area (Å²) in [6.07, 6.45) is 0.608. The summed E-state index contributed by atoms with van der Waals surface area (Å²) in [6, 6.07) is 10.0. The number of carbonyl (C=O) groups is 2. The van der Waals surface area contributed by atoms with Crippen molar-refractivity contribution in [2.45, 2.75) is 19.8 Å². The lowest BCUT2D eigenvalue weighted by atomic mass is 10.1. The highest BCUT2D eigenvalue weighted by atomic mass is 35.5. The fourth-order valence-corrected chi connectivity index (χ4v) is 5.51. The SMILES string of the molecule is COc1cc(CCC(=O)c2ccc(C(=O)CN=C(C)c3csc(-c4ccc(Cl)c(Cl)c4)c3O)s2)on1. The van der Waals surface area contributed by atoms with Crippen LogP contribution >= 0.6 is 45.9 Å². The van der Waals surface area contributed by atoms with E-state index in [2.05, 4.69) is 10.1 Å². The molecule has 0 aliphatic carbocycles. The number of benzene rings is 1. The fourth-order valence-electron chi connectivity index (χ4n) is 3.31. The van der Waals surface area contributed by atoms with Crippen molar-refractivity contribution in [1.29, 1.82) is 0 Å². The maximum Gasteiger partial charge on any atom is 0.254 e. The Kier molecular flexibility index (Phi) is 8.25. The van der Waals surface area contributed by atoms with Gasteiger partial charge in [-0.15, -0.1) is 22.7 Å². The lowest BCUT2D eigenvalue weighted by Gasteiger charge is -2.03. The predicted molar refractivity (Wildman–Crippen MR) is 143 cm³/mol. The monoisotopic (exact) mass is 562 g/mol. The highest BCUT2D eigenvalue weighted by Gasteiger charge is 2.18. The van der Waals surface area contributed by atoms with Gasteiger partial charge in [0.25, 0.3) is 5.88 Å². The van der Waals surface area contributed by atoms with E-state index in [0.717, 1.165) is 16.9 Å². The number of methoxy groups -OCH3 is 1. The van der Waals surface area contributed by atoms with Crippen LogP contribution in [0.4, 0.5) is 0 Å². The van der Waals surface area contributed by atoms with E-state index >= 15 is 0 Å². The van der Waals surface area contributed by atoms with Gasteiger partial charge in [-0.05, 0) is 41.9 Å².